The molecule has 31 heavy (non-hydrogen) atoms. The molecule has 2 aromatic rings. The first-order valence-electron chi connectivity index (χ1n) is 11.6. The molecule has 0 bridgehead atoms. The second-order valence-corrected chi connectivity index (χ2v) is 8.86. The van der Waals surface area contributed by atoms with Gasteiger partial charge in [-0.05, 0) is 62.3 Å². The maximum absolute atomic E-state index is 12.3. The molecule has 1 saturated carbocycles. The smallest absolute Gasteiger partial charge is 0.338 e. The van der Waals surface area contributed by atoms with Gasteiger partial charge in [-0.1, -0.05) is 62.1 Å². The Kier molecular flexibility index (Phi) is 8.53. The molecule has 1 aliphatic carbocycles. The van der Waals surface area contributed by atoms with Crippen molar-refractivity contribution in [3.63, 3.8) is 0 Å². The molecule has 2 unspecified atom stereocenters. The number of carbonyl (C=O) groups excluding carboxylic acids is 1. The van der Waals surface area contributed by atoms with Crippen LogP contribution in [0.2, 0.25) is 0 Å². The van der Waals surface area contributed by atoms with Crippen LogP contribution in [0.3, 0.4) is 0 Å². The molecule has 0 spiro atoms. The molecule has 2 atom stereocenters. The maximum atomic E-state index is 12.3. The van der Waals surface area contributed by atoms with E-state index in [9.17, 15) is 9.90 Å². The number of aliphatic hydroxyl groups is 1. The standard InChI is InChI=1S/C27H36O4/c1-21-11-10-12-22(2)25(21)30-20-18-27(29)17-9-4-3-8-15-24(27)16-19-31-26(28)23-13-6-5-7-14-23/h5-7,10-14,24,29H,3-4,8-9,15-20H2,1-2H3. The summed E-state index contributed by atoms with van der Waals surface area (Å²) in [5.41, 5.74) is 2.02. The summed E-state index contributed by atoms with van der Waals surface area (Å²) in [6, 6.07) is 15.2. The highest BCUT2D eigenvalue weighted by Crippen LogP contribution is 2.37. The van der Waals surface area contributed by atoms with Crippen molar-refractivity contribution in [2.75, 3.05) is 13.2 Å². The van der Waals surface area contributed by atoms with Crippen LogP contribution in [0.25, 0.3) is 0 Å². The third-order valence-electron chi connectivity index (χ3n) is 6.57. The lowest BCUT2D eigenvalue weighted by Gasteiger charge is -2.38. The molecule has 0 saturated heterocycles. The zero-order chi connectivity index (χ0) is 22.1. The number of hydrogen-bond acceptors (Lipinski definition) is 4. The molecule has 0 aromatic heterocycles. The predicted molar refractivity (Wildman–Crippen MR) is 124 cm³/mol. The number of carbonyl (C=O) groups is 1. The van der Waals surface area contributed by atoms with Gasteiger partial charge < -0.3 is 14.6 Å². The summed E-state index contributed by atoms with van der Waals surface area (Å²) in [7, 11) is 0. The van der Waals surface area contributed by atoms with Crippen LogP contribution in [0.5, 0.6) is 5.75 Å². The second kappa shape index (κ2) is 11.3. The Morgan fingerprint density at radius 3 is 2.42 bits per heavy atom. The van der Waals surface area contributed by atoms with Gasteiger partial charge in [-0.15, -0.1) is 0 Å². The average molecular weight is 425 g/mol. The highest BCUT2D eigenvalue weighted by Gasteiger charge is 2.36. The summed E-state index contributed by atoms with van der Waals surface area (Å²) < 4.78 is 11.6. The fourth-order valence-corrected chi connectivity index (χ4v) is 4.70. The molecule has 0 aliphatic heterocycles. The minimum Gasteiger partial charge on any atom is -0.493 e. The summed E-state index contributed by atoms with van der Waals surface area (Å²) in [6.45, 7) is 4.93. The van der Waals surface area contributed by atoms with E-state index in [-0.39, 0.29) is 11.9 Å². The lowest BCUT2D eigenvalue weighted by Crippen LogP contribution is -2.41. The first-order valence-corrected chi connectivity index (χ1v) is 11.6. The van der Waals surface area contributed by atoms with Gasteiger partial charge in [-0.25, -0.2) is 4.79 Å². The monoisotopic (exact) mass is 424 g/mol. The summed E-state index contributed by atoms with van der Waals surface area (Å²) in [6.07, 6.45) is 7.52. The number of para-hydroxylation sites is 1. The highest BCUT2D eigenvalue weighted by atomic mass is 16.5. The van der Waals surface area contributed by atoms with Crippen LogP contribution >= 0.6 is 0 Å². The highest BCUT2D eigenvalue weighted by molar-refractivity contribution is 5.89. The van der Waals surface area contributed by atoms with E-state index in [0.717, 1.165) is 49.0 Å². The molecular weight excluding hydrogens is 388 g/mol. The Morgan fingerprint density at radius 1 is 0.968 bits per heavy atom. The van der Waals surface area contributed by atoms with E-state index >= 15 is 0 Å². The van der Waals surface area contributed by atoms with Crippen LogP contribution in [-0.2, 0) is 4.74 Å². The largest absolute Gasteiger partial charge is 0.493 e. The average Bonchev–Trinajstić information content (AvgIpc) is 2.76. The number of benzene rings is 2. The van der Waals surface area contributed by atoms with Crippen LogP contribution in [0.4, 0.5) is 0 Å². The van der Waals surface area contributed by atoms with Gasteiger partial charge in [0, 0.05) is 6.42 Å². The number of rotatable bonds is 8. The molecular formula is C27H36O4. The summed E-state index contributed by atoms with van der Waals surface area (Å²) in [5.74, 6) is 0.733. The van der Waals surface area contributed by atoms with Crippen LogP contribution < -0.4 is 4.74 Å². The Morgan fingerprint density at radius 2 is 1.68 bits per heavy atom. The van der Waals surface area contributed by atoms with Gasteiger partial charge >= 0.3 is 5.97 Å². The zero-order valence-corrected chi connectivity index (χ0v) is 18.9. The molecule has 168 valence electrons. The van der Waals surface area contributed by atoms with Gasteiger partial charge in [0.25, 0.3) is 0 Å². The van der Waals surface area contributed by atoms with E-state index in [2.05, 4.69) is 26.0 Å². The van der Waals surface area contributed by atoms with Crippen LogP contribution in [0.15, 0.2) is 48.5 Å². The van der Waals surface area contributed by atoms with E-state index in [4.69, 9.17) is 9.47 Å². The first-order chi connectivity index (χ1) is 15.0. The molecule has 0 amide bonds. The fourth-order valence-electron chi connectivity index (χ4n) is 4.70. The molecule has 2 aromatic carbocycles. The van der Waals surface area contributed by atoms with Gasteiger partial charge in [0.15, 0.2) is 0 Å². The van der Waals surface area contributed by atoms with Crippen molar-refractivity contribution in [1.82, 2.24) is 0 Å². The zero-order valence-electron chi connectivity index (χ0n) is 18.9. The molecule has 1 fully saturated rings. The van der Waals surface area contributed by atoms with Crippen molar-refractivity contribution < 1.29 is 19.4 Å². The number of aryl methyl sites for hydroxylation is 2. The second-order valence-electron chi connectivity index (χ2n) is 8.86. The lowest BCUT2D eigenvalue weighted by molar-refractivity contribution is -0.0597. The molecule has 4 nitrogen and oxygen atoms in total. The summed E-state index contributed by atoms with van der Waals surface area (Å²) >= 11 is 0. The molecule has 1 aliphatic rings. The van der Waals surface area contributed by atoms with Gasteiger partial charge in [0.2, 0.25) is 0 Å². The molecule has 0 heterocycles. The number of ether oxygens (including phenoxy) is 2. The Bertz CT molecular complexity index is 812. The third-order valence-corrected chi connectivity index (χ3v) is 6.57. The normalized spacial score (nSPS) is 21.7. The third kappa shape index (κ3) is 6.57. The fraction of sp³-hybridized carbons (Fsp3) is 0.519. The van der Waals surface area contributed by atoms with E-state index in [1.165, 1.54) is 6.42 Å². The van der Waals surface area contributed by atoms with Crippen molar-refractivity contribution in [2.45, 2.75) is 70.8 Å². The topological polar surface area (TPSA) is 55.8 Å². The van der Waals surface area contributed by atoms with E-state index in [1.807, 2.05) is 24.3 Å². The van der Waals surface area contributed by atoms with E-state index < -0.39 is 5.60 Å². The molecule has 3 rings (SSSR count). The minimum absolute atomic E-state index is 0.109. The Labute approximate surface area is 186 Å². The summed E-state index contributed by atoms with van der Waals surface area (Å²) in [5, 5.41) is 11.6. The van der Waals surface area contributed by atoms with Crippen molar-refractivity contribution in [2.24, 2.45) is 5.92 Å². The van der Waals surface area contributed by atoms with Gasteiger partial charge in [0.1, 0.15) is 5.75 Å². The van der Waals surface area contributed by atoms with Crippen molar-refractivity contribution in [1.29, 1.82) is 0 Å². The number of hydrogen-bond donors (Lipinski definition) is 1. The van der Waals surface area contributed by atoms with E-state index in [1.54, 1.807) is 12.1 Å². The van der Waals surface area contributed by atoms with Crippen LogP contribution in [0.1, 0.15) is 72.9 Å². The Balaban J connectivity index is 1.58. The molecule has 1 N–H and O–H groups in total. The summed E-state index contributed by atoms with van der Waals surface area (Å²) in [4.78, 5) is 12.3. The number of esters is 1. The molecule has 0 radical (unpaired) electrons. The van der Waals surface area contributed by atoms with Crippen LogP contribution in [0, 0.1) is 19.8 Å². The van der Waals surface area contributed by atoms with Gasteiger partial charge in [-0.3, -0.25) is 0 Å². The maximum Gasteiger partial charge on any atom is 0.338 e. The SMILES string of the molecule is Cc1cccc(C)c1OCCC1(O)CCCCCCC1CCOC(=O)c1ccccc1. The van der Waals surface area contributed by atoms with Crippen molar-refractivity contribution >= 4 is 5.97 Å². The first kappa shape index (κ1) is 23.3. The van der Waals surface area contributed by atoms with Crippen molar-refractivity contribution in [3.05, 3.63) is 65.2 Å². The van der Waals surface area contributed by atoms with Gasteiger partial charge in [0.05, 0.1) is 24.4 Å². The van der Waals surface area contributed by atoms with Crippen molar-refractivity contribution in [3.8, 4) is 5.75 Å². The van der Waals surface area contributed by atoms with Gasteiger partial charge in [-0.2, -0.15) is 0 Å². The molecule has 4 heteroatoms. The van der Waals surface area contributed by atoms with E-state index in [0.29, 0.717) is 31.6 Å². The lowest BCUT2D eigenvalue weighted by atomic mass is 9.74. The quantitative estimate of drug-likeness (QED) is 0.526. The van der Waals surface area contributed by atoms with Crippen LogP contribution in [-0.4, -0.2) is 29.9 Å². The Hall–Kier alpha value is -2.33. The minimum atomic E-state index is -0.782. The predicted octanol–water partition coefficient (Wildman–Crippen LogP) is 6.02.